The number of fused-ring (bicyclic) bond motifs is 1. The SMILES string of the molecule is CN(C)C[C@H]1CCCC[C@]12Cc1cc(Br)cc(Cl)c1O2. The highest BCUT2D eigenvalue weighted by molar-refractivity contribution is 9.10. The van der Waals surface area contributed by atoms with E-state index in [0.717, 1.165) is 34.6 Å². The summed E-state index contributed by atoms with van der Waals surface area (Å²) >= 11 is 9.90. The molecule has 0 N–H and O–H groups in total. The maximum absolute atomic E-state index is 6.46. The summed E-state index contributed by atoms with van der Waals surface area (Å²) in [6.45, 7) is 1.09. The molecule has 1 saturated carbocycles. The lowest BCUT2D eigenvalue weighted by Gasteiger charge is -2.41. The van der Waals surface area contributed by atoms with Crippen molar-refractivity contribution in [3.63, 3.8) is 0 Å². The first-order chi connectivity index (χ1) is 9.50. The summed E-state index contributed by atoms with van der Waals surface area (Å²) in [5, 5.41) is 0.737. The standard InChI is InChI=1S/C16H21BrClNO/c1-19(2)10-12-5-3-4-6-16(12)9-11-7-13(17)8-14(18)15(11)20-16/h7-8,12H,3-6,9-10H2,1-2H3/t12-,16+/m1/s1. The molecule has 0 aromatic heterocycles. The fourth-order valence-corrected chi connectivity index (χ4v) is 4.68. The number of ether oxygens (including phenoxy) is 1. The van der Waals surface area contributed by atoms with Crippen LogP contribution >= 0.6 is 27.5 Å². The molecule has 1 aromatic rings. The molecule has 4 heteroatoms. The third-order valence-corrected chi connectivity index (χ3v) is 5.35. The molecule has 1 heterocycles. The van der Waals surface area contributed by atoms with E-state index in [1.807, 2.05) is 6.07 Å². The van der Waals surface area contributed by atoms with E-state index in [-0.39, 0.29) is 5.60 Å². The van der Waals surface area contributed by atoms with Gasteiger partial charge >= 0.3 is 0 Å². The van der Waals surface area contributed by atoms with Gasteiger partial charge in [-0.15, -0.1) is 0 Å². The summed E-state index contributed by atoms with van der Waals surface area (Å²) < 4.78 is 7.50. The van der Waals surface area contributed by atoms with Gasteiger partial charge in [-0.2, -0.15) is 0 Å². The van der Waals surface area contributed by atoms with Gasteiger partial charge < -0.3 is 9.64 Å². The quantitative estimate of drug-likeness (QED) is 0.770. The second kappa shape index (κ2) is 5.51. The summed E-state index contributed by atoms with van der Waals surface area (Å²) in [5.74, 6) is 1.51. The second-order valence-corrected chi connectivity index (χ2v) is 7.75. The Morgan fingerprint density at radius 2 is 2.20 bits per heavy atom. The second-order valence-electron chi connectivity index (χ2n) is 6.42. The Labute approximate surface area is 134 Å². The van der Waals surface area contributed by atoms with Gasteiger partial charge in [0.1, 0.15) is 11.4 Å². The molecule has 0 bridgehead atoms. The molecular weight excluding hydrogens is 338 g/mol. The largest absolute Gasteiger partial charge is 0.485 e. The van der Waals surface area contributed by atoms with Crippen LogP contribution in [0.15, 0.2) is 16.6 Å². The topological polar surface area (TPSA) is 12.5 Å². The Morgan fingerprint density at radius 1 is 1.40 bits per heavy atom. The summed E-state index contributed by atoms with van der Waals surface area (Å²) in [4.78, 5) is 2.28. The van der Waals surface area contributed by atoms with Gasteiger partial charge in [0.25, 0.3) is 0 Å². The van der Waals surface area contributed by atoms with E-state index in [9.17, 15) is 0 Å². The van der Waals surface area contributed by atoms with Gasteiger partial charge in [0.05, 0.1) is 5.02 Å². The lowest BCUT2D eigenvalue weighted by Crippen LogP contribution is -2.48. The van der Waals surface area contributed by atoms with Crippen molar-refractivity contribution in [1.82, 2.24) is 4.90 Å². The molecule has 1 spiro atoms. The van der Waals surface area contributed by atoms with E-state index in [2.05, 4.69) is 41.0 Å². The van der Waals surface area contributed by atoms with Crippen molar-refractivity contribution in [2.75, 3.05) is 20.6 Å². The van der Waals surface area contributed by atoms with Crippen LogP contribution < -0.4 is 4.74 Å². The summed E-state index contributed by atoms with van der Waals surface area (Å²) in [6.07, 6.45) is 5.98. The molecular formula is C16H21BrClNO. The Balaban J connectivity index is 1.92. The number of hydrogen-bond donors (Lipinski definition) is 0. The van der Waals surface area contributed by atoms with Gasteiger partial charge in [-0.3, -0.25) is 0 Å². The van der Waals surface area contributed by atoms with Crippen LogP contribution in [0.4, 0.5) is 0 Å². The van der Waals surface area contributed by atoms with Gasteiger partial charge in [0.2, 0.25) is 0 Å². The predicted molar refractivity (Wildman–Crippen MR) is 86.7 cm³/mol. The smallest absolute Gasteiger partial charge is 0.142 e. The molecule has 1 aromatic carbocycles. The highest BCUT2D eigenvalue weighted by Gasteiger charge is 2.47. The minimum atomic E-state index is -0.0325. The van der Waals surface area contributed by atoms with Crippen LogP contribution in [0.2, 0.25) is 5.02 Å². The number of benzene rings is 1. The first kappa shape index (κ1) is 14.7. The van der Waals surface area contributed by atoms with Gasteiger partial charge in [-0.25, -0.2) is 0 Å². The third-order valence-electron chi connectivity index (χ3n) is 4.61. The van der Waals surface area contributed by atoms with Crippen LogP contribution in [-0.2, 0) is 6.42 Å². The summed E-state index contributed by atoms with van der Waals surface area (Å²) in [6, 6.07) is 4.10. The summed E-state index contributed by atoms with van der Waals surface area (Å²) in [7, 11) is 4.29. The van der Waals surface area contributed by atoms with E-state index in [4.69, 9.17) is 16.3 Å². The molecule has 1 fully saturated rings. The van der Waals surface area contributed by atoms with E-state index in [1.165, 1.54) is 24.8 Å². The molecule has 110 valence electrons. The average molecular weight is 359 g/mol. The Hall–Kier alpha value is -0.250. The fourth-order valence-electron chi connectivity index (χ4n) is 3.77. The molecule has 2 aliphatic rings. The van der Waals surface area contributed by atoms with Gasteiger partial charge in [0, 0.05) is 28.9 Å². The van der Waals surface area contributed by atoms with Crippen LogP contribution in [-0.4, -0.2) is 31.1 Å². The van der Waals surface area contributed by atoms with E-state index < -0.39 is 0 Å². The lowest BCUT2D eigenvalue weighted by molar-refractivity contribution is -0.0149. The highest BCUT2D eigenvalue weighted by Crippen LogP contribution is 2.49. The van der Waals surface area contributed by atoms with Crippen molar-refractivity contribution in [1.29, 1.82) is 0 Å². The maximum Gasteiger partial charge on any atom is 0.142 e. The van der Waals surface area contributed by atoms with Gasteiger partial charge in [-0.1, -0.05) is 34.0 Å². The number of halogens is 2. The van der Waals surface area contributed by atoms with Crippen LogP contribution in [0, 0.1) is 5.92 Å². The Bertz CT molecular complexity index is 519. The predicted octanol–water partition coefficient (Wildman–Crippen LogP) is 4.53. The Kier molecular flexibility index (Phi) is 4.04. The Morgan fingerprint density at radius 3 is 2.95 bits per heavy atom. The van der Waals surface area contributed by atoms with E-state index in [1.54, 1.807) is 0 Å². The van der Waals surface area contributed by atoms with Crippen molar-refractivity contribution in [2.24, 2.45) is 5.92 Å². The van der Waals surface area contributed by atoms with Crippen LogP contribution in [0.25, 0.3) is 0 Å². The van der Waals surface area contributed by atoms with Crippen LogP contribution in [0.5, 0.6) is 5.75 Å². The summed E-state index contributed by atoms with van der Waals surface area (Å²) in [5.41, 5.74) is 1.23. The maximum atomic E-state index is 6.46. The molecule has 0 saturated heterocycles. The zero-order chi connectivity index (χ0) is 14.3. The molecule has 0 radical (unpaired) electrons. The van der Waals surface area contributed by atoms with E-state index in [0.29, 0.717) is 5.92 Å². The zero-order valence-corrected chi connectivity index (χ0v) is 14.4. The normalized spacial score (nSPS) is 28.8. The third kappa shape index (κ3) is 2.60. The van der Waals surface area contributed by atoms with Gasteiger partial charge in [-0.05, 0) is 45.5 Å². The fraction of sp³-hybridized carbons (Fsp3) is 0.625. The average Bonchev–Trinajstić information content (AvgIpc) is 2.71. The minimum absolute atomic E-state index is 0.0325. The highest BCUT2D eigenvalue weighted by atomic mass is 79.9. The molecule has 3 rings (SSSR count). The van der Waals surface area contributed by atoms with Crippen LogP contribution in [0.3, 0.4) is 0 Å². The molecule has 1 aliphatic carbocycles. The van der Waals surface area contributed by atoms with Crippen LogP contribution in [0.1, 0.15) is 31.2 Å². The molecule has 2 nitrogen and oxygen atoms in total. The van der Waals surface area contributed by atoms with Crippen molar-refractivity contribution >= 4 is 27.5 Å². The molecule has 0 unspecified atom stereocenters. The molecule has 20 heavy (non-hydrogen) atoms. The minimum Gasteiger partial charge on any atom is -0.485 e. The zero-order valence-electron chi connectivity index (χ0n) is 12.1. The molecule has 0 amide bonds. The van der Waals surface area contributed by atoms with Crippen molar-refractivity contribution in [3.05, 3.63) is 27.2 Å². The number of hydrogen-bond acceptors (Lipinski definition) is 2. The number of nitrogens with zero attached hydrogens (tertiary/aromatic N) is 1. The molecule has 2 atom stereocenters. The van der Waals surface area contributed by atoms with Crippen molar-refractivity contribution in [2.45, 2.75) is 37.7 Å². The first-order valence-electron chi connectivity index (χ1n) is 7.32. The molecule has 1 aliphatic heterocycles. The lowest BCUT2D eigenvalue weighted by atomic mass is 9.73. The first-order valence-corrected chi connectivity index (χ1v) is 8.49. The van der Waals surface area contributed by atoms with E-state index >= 15 is 0 Å². The number of rotatable bonds is 2. The monoisotopic (exact) mass is 357 g/mol. The van der Waals surface area contributed by atoms with Crippen molar-refractivity contribution < 1.29 is 4.74 Å². The van der Waals surface area contributed by atoms with Gasteiger partial charge in [0.15, 0.2) is 0 Å². The van der Waals surface area contributed by atoms with Crippen molar-refractivity contribution in [3.8, 4) is 5.75 Å².